The van der Waals surface area contributed by atoms with Gasteiger partial charge in [0.15, 0.2) is 5.78 Å². The van der Waals surface area contributed by atoms with Crippen LogP contribution in [0.2, 0.25) is 0 Å². The molecule has 0 aliphatic rings. The molecule has 176 valence electrons. The molecule has 34 heavy (non-hydrogen) atoms. The minimum Gasteiger partial charge on any atom is -0.355 e. The van der Waals surface area contributed by atoms with E-state index in [1.807, 2.05) is 6.07 Å². The predicted molar refractivity (Wildman–Crippen MR) is 128 cm³/mol. The SMILES string of the molecule is CNC(=O)c1cccc(CNC(=O)c2ccc(CNS(=O)(=O)c3ccc(C(C)=O)cc3)cc2)c1. The topological polar surface area (TPSA) is 121 Å². The third-order valence-corrected chi connectivity index (χ3v) is 6.54. The number of ketones is 1. The first-order valence-corrected chi connectivity index (χ1v) is 12.0. The number of Topliss-reactive ketones (excluding diaryl/α,β-unsaturated/α-hetero) is 1. The van der Waals surface area contributed by atoms with Gasteiger partial charge >= 0.3 is 0 Å². The molecule has 2 amide bonds. The quantitative estimate of drug-likeness (QED) is 0.408. The largest absolute Gasteiger partial charge is 0.355 e. The summed E-state index contributed by atoms with van der Waals surface area (Å²) >= 11 is 0. The second-order valence-electron chi connectivity index (χ2n) is 7.56. The number of carbonyl (C=O) groups is 3. The number of amides is 2. The number of rotatable bonds is 9. The van der Waals surface area contributed by atoms with Crippen molar-refractivity contribution in [3.05, 3.63) is 101 Å². The van der Waals surface area contributed by atoms with Crippen LogP contribution in [0.5, 0.6) is 0 Å². The lowest BCUT2D eigenvalue weighted by atomic mass is 10.1. The lowest BCUT2D eigenvalue weighted by molar-refractivity contribution is 0.0948. The smallest absolute Gasteiger partial charge is 0.251 e. The van der Waals surface area contributed by atoms with E-state index in [1.54, 1.807) is 49.5 Å². The molecular formula is C25H25N3O5S. The van der Waals surface area contributed by atoms with Crippen LogP contribution in [0.1, 0.15) is 49.1 Å². The van der Waals surface area contributed by atoms with E-state index in [9.17, 15) is 22.8 Å². The Morgan fingerprint density at radius 3 is 2.00 bits per heavy atom. The molecule has 0 fully saturated rings. The Bertz CT molecular complexity index is 1300. The normalized spacial score (nSPS) is 11.0. The van der Waals surface area contributed by atoms with Crippen molar-refractivity contribution in [2.24, 2.45) is 0 Å². The summed E-state index contributed by atoms with van der Waals surface area (Å²) in [5.74, 6) is -0.631. The van der Waals surface area contributed by atoms with Gasteiger partial charge in [-0.25, -0.2) is 13.1 Å². The van der Waals surface area contributed by atoms with E-state index in [4.69, 9.17) is 0 Å². The van der Waals surface area contributed by atoms with Gasteiger partial charge in [0, 0.05) is 36.8 Å². The van der Waals surface area contributed by atoms with Gasteiger partial charge in [0.1, 0.15) is 0 Å². The molecule has 0 aliphatic carbocycles. The Balaban J connectivity index is 1.56. The number of sulfonamides is 1. The molecule has 0 saturated carbocycles. The van der Waals surface area contributed by atoms with E-state index < -0.39 is 10.0 Å². The highest BCUT2D eigenvalue weighted by molar-refractivity contribution is 7.89. The third-order valence-electron chi connectivity index (χ3n) is 5.12. The van der Waals surface area contributed by atoms with Crippen LogP contribution >= 0.6 is 0 Å². The summed E-state index contributed by atoms with van der Waals surface area (Å²) in [5, 5.41) is 5.36. The molecule has 3 N–H and O–H groups in total. The van der Waals surface area contributed by atoms with E-state index in [0.717, 1.165) is 5.56 Å². The van der Waals surface area contributed by atoms with Gasteiger partial charge in [0.25, 0.3) is 11.8 Å². The second kappa shape index (κ2) is 10.9. The number of benzene rings is 3. The zero-order valence-electron chi connectivity index (χ0n) is 18.8. The van der Waals surface area contributed by atoms with Crippen LogP contribution in [0.3, 0.4) is 0 Å². The highest BCUT2D eigenvalue weighted by atomic mass is 32.2. The van der Waals surface area contributed by atoms with Crippen molar-refractivity contribution < 1.29 is 22.8 Å². The molecule has 3 aromatic rings. The molecule has 0 bridgehead atoms. The van der Waals surface area contributed by atoms with Crippen LogP contribution in [0.4, 0.5) is 0 Å². The first-order valence-electron chi connectivity index (χ1n) is 10.5. The molecular weight excluding hydrogens is 454 g/mol. The molecule has 0 aliphatic heterocycles. The summed E-state index contributed by atoms with van der Waals surface area (Å²) < 4.78 is 27.5. The second-order valence-corrected chi connectivity index (χ2v) is 9.33. The predicted octanol–water partition coefficient (Wildman–Crippen LogP) is 2.66. The number of carbonyl (C=O) groups excluding carboxylic acids is 3. The average Bonchev–Trinajstić information content (AvgIpc) is 2.86. The average molecular weight is 480 g/mol. The fraction of sp³-hybridized carbons (Fsp3) is 0.160. The van der Waals surface area contributed by atoms with E-state index in [0.29, 0.717) is 22.3 Å². The van der Waals surface area contributed by atoms with Crippen LogP contribution < -0.4 is 15.4 Å². The van der Waals surface area contributed by atoms with Crippen molar-refractivity contribution in [2.45, 2.75) is 24.9 Å². The molecule has 9 heteroatoms. The summed E-state index contributed by atoms with van der Waals surface area (Å²) in [7, 11) is -2.19. The van der Waals surface area contributed by atoms with Crippen LogP contribution in [0, 0.1) is 0 Å². The molecule has 0 saturated heterocycles. The van der Waals surface area contributed by atoms with Crippen molar-refractivity contribution in [3.63, 3.8) is 0 Å². The summed E-state index contributed by atoms with van der Waals surface area (Å²) in [5.41, 5.74) is 2.84. The Kier molecular flexibility index (Phi) is 7.93. The lowest BCUT2D eigenvalue weighted by Gasteiger charge is -2.09. The van der Waals surface area contributed by atoms with Gasteiger partial charge in [-0.3, -0.25) is 14.4 Å². The number of hydrogen-bond donors (Lipinski definition) is 3. The third kappa shape index (κ3) is 6.37. The van der Waals surface area contributed by atoms with E-state index >= 15 is 0 Å². The highest BCUT2D eigenvalue weighted by Gasteiger charge is 2.14. The van der Waals surface area contributed by atoms with E-state index in [-0.39, 0.29) is 35.6 Å². The molecule has 0 aromatic heterocycles. The van der Waals surface area contributed by atoms with Gasteiger partial charge in [-0.15, -0.1) is 0 Å². The maximum Gasteiger partial charge on any atom is 0.251 e. The van der Waals surface area contributed by atoms with Crippen molar-refractivity contribution >= 4 is 27.6 Å². The Morgan fingerprint density at radius 2 is 1.38 bits per heavy atom. The Labute approximate surface area is 198 Å². The van der Waals surface area contributed by atoms with E-state index in [1.165, 1.54) is 31.2 Å². The molecule has 0 radical (unpaired) electrons. The van der Waals surface area contributed by atoms with Crippen molar-refractivity contribution in [1.82, 2.24) is 15.4 Å². The summed E-state index contributed by atoms with van der Waals surface area (Å²) in [4.78, 5) is 35.6. The van der Waals surface area contributed by atoms with Gasteiger partial charge in [0.2, 0.25) is 10.0 Å². The van der Waals surface area contributed by atoms with Crippen LogP contribution in [-0.2, 0) is 23.1 Å². The molecule has 0 spiro atoms. The van der Waals surface area contributed by atoms with Gasteiger partial charge in [0.05, 0.1) is 4.90 Å². The first kappa shape index (κ1) is 24.8. The maximum absolute atomic E-state index is 12.5. The standard InChI is InChI=1S/C25H25N3O5S/c1-17(29)20-10-12-23(13-11-20)34(32,33)28-16-18-6-8-21(9-7-18)25(31)27-15-19-4-3-5-22(14-19)24(30)26-2/h3-14,28H,15-16H2,1-2H3,(H,26,30)(H,27,31). The molecule has 0 unspecified atom stereocenters. The zero-order valence-corrected chi connectivity index (χ0v) is 19.6. The van der Waals surface area contributed by atoms with Gasteiger partial charge in [-0.2, -0.15) is 0 Å². The Morgan fingerprint density at radius 1 is 0.735 bits per heavy atom. The molecule has 0 heterocycles. The molecule has 8 nitrogen and oxygen atoms in total. The molecule has 3 rings (SSSR count). The van der Waals surface area contributed by atoms with Crippen LogP contribution in [0.25, 0.3) is 0 Å². The maximum atomic E-state index is 12.5. The fourth-order valence-corrected chi connectivity index (χ4v) is 4.17. The van der Waals surface area contributed by atoms with Crippen LogP contribution in [0.15, 0.2) is 77.7 Å². The van der Waals surface area contributed by atoms with Gasteiger partial charge in [-0.05, 0) is 54.4 Å². The van der Waals surface area contributed by atoms with Gasteiger partial charge < -0.3 is 10.6 Å². The van der Waals surface area contributed by atoms with Crippen molar-refractivity contribution in [1.29, 1.82) is 0 Å². The number of hydrogen-bond acceptors (Lipinski definition) is 5. The van der Waals surface area contributed by atoms with Crippen molar-refractivity contribution in [2.75, 3.05) is 7.05 Å². The highest BCUT2D eigenvalue weighted by Crippen LogP contribution is 2.13. The summed E-state index contributed by atoms with van der Waals surface area (Å²) in [6, 6.07) is 19.2. The van der Waals surface area contributed by atoms with E-state index in [2.05, 4.69) is 15.4 Å². The molecule has 0 atom stereocenters. The first-order chi connectivity index (χ1) is 16.2. The van der Waals surface area contributed by atoms with Crippen molar-refractivity contribution in [3.8, 4) is 0 Å². The minimum atomic E-state index is -3.75. The number of nitrogens with one attached hydrogen (secondary N) is 3. The van der Waals surface area contributed by atoms with Gasteiger partial charge in [-0.1, -0.05) is 36.4 Å². The lowest BCUT2D eigenvalue weighted by Crippen LogP contribution is -2.24. The molecule has 3 aromatic carbocycles. The Hall–Kier alpha value is -3.82. The zero-order chi connectivity index (χ0) is 24.7. The minimum absolute atomic E-state index is 0.0466. The summed E-state index contributed by atoms with van der Waals surface area (Å²) in [6.45, 7) is 1.72. The van der Waals surface area contributed by atoms with Crippen LogP contribution in [-0.4, -0.2) is 33.1 Å². The fourth-order valence-electron chi connectivity index (χ4n) is 3.16. The summed E-state index contributed by atoms with van der Waals surface area (Å²) in [6.07, 6.45) is 0. The monoisotopic (exact) mass is 479 g/mol.